The van der Waals surface area contributed by atoms with E-state index < -0.39 is 18.4 Å². The Labute approximate surface area is 450 Å². The van der Waals surface area contributed by atoms with Crippen LogP contribution in [0.4, 0.5) is 5.82 Å². The van der Waals surface area contributed by atoms with Gasteiger partial charge in [0.25, 0.3) is 0 Å². The molecular weight excluding hydrogens is 1110 g/mol. The van der Waals surface area contributed by atoms with Crippen LogP contribution in [-0.4, -0.2) is 110 Å². The predicted molar refractivity (Wildman–Crippen MR) is 292 cm³/mol. The molecule has 2 fully saturated rings. The number of halogens is 3. The number of hydrogen-bond donors (Lipinski definition) is 1. The number of hydrogen-bond acceptors (Lipinski definition) is 17. The number of rotatable bonds is 17. The van der Waals surface area contributed by atoms with Crippen LogP contribution in [-0.2, 0) is 4.74 Å². The summed E-state index contributed by atoms with van der Waals surface area (Å²) in [5.41, 5.74) is 8.95. The number of nitrogens with two attached hydrogens (primary N) is 1. The maximum absolute atomic E-state index is 6.60. The first-order valence-electron chi connectivity index (χ1n) is 24.4. The number of pyridine rings is 2. The van der Waals surface area contributed by atoms with Crippen LogP contribution in [0.5, 0.6) is 0 Å². The molecule has 21 heteroatoms. The van der Waals surface area contributed by atoms with Gasteiger partial charge in [0, 0.05) is 71.5 Å². The van der Waals surface area contributed by atoms with Gasteiger partial charge in [-0.3, -0.25) is 29.9 Å². The molecule has 0 aromatic carbocycles. The first kappa shape index (κ1) is 55.5. The van der Waals surface area contributed by atoms with Crippen molar-refractivity contribution in [3.05, 3.63) is 120 Å². The summed E-state index contributed by atoms with van der Waals surface area (Å²) < 4.78 is 11.7. The number of aromatic nitrogens is 12. The van der Waals surface area contributed by atoms with E-state index in [4.69, 9.17) is 50.3 Å². The zero-order chi connectivity index (χ0) is 50.8. The van der Waals surface area contributed by atoms with Gasteiger partial charge in [0.05, 0.1) is 59.9 Å². The van der Waals surface area contributed by atoms with Gasteiger partial charge >= 0.3 is 123 Å². The van der Waals surface area contributed by atoms with Crippen LogP contribution in [0.15, 0.2) is 125 Å². The standard InChI is InChI=1S/C22H24ClN7OS.C13H7Cl2N5S.C4H3N2.3C4H9.Sn/c1-14-21(24)22(13-31-14)3-8-30(9-4-22)17-11-29-18(12-28-17)32-16-2-5-27-20(19(16)23)15-10-25-6-7-26-15;14-10-6-20-11(7-19-10)21-9-1-2-18-13(12(9)15)8-5-16-3-4-17-8;1-2-6-4-3-5-1;3*1-3-4-2;/h2,5-7,10-12,14,21H,3-4,8-9,13,24H2,1H3;1-7H;1-3H;3*1,3-4H2,2H3;/t14-,21+;;;;;;/m0....../s1. The number of ether oxygens (including phenoxy) is 1. The van der Waals surface area contributed by atoms with Crippen LogP contribution in [0.3, 0.4) is 0 Å². The molecule has 0 unspecified atom stereocenters. The first-order chi connectivity index (χ1) is 35.1. The van der Waals surface area contributed by atoms with Gasteiger partial charge in [0.2, 0.25) is 0 Å². The molecule has 0 bridgehead atoms. The summed E-state index contributed by atoms with van der Waals surface area (Å²) >= 11 is 19.3. The van der Waals surface area contributed by atoms with Crippen molar-refractivity contribution in [2.75, 3.05) is 24.6 Å². The Morgan fingerprint density at radius 1 is 0.611 bits per heavy atom. The van der Waals surface area contributed by atoms with Crippen molar-refractivity contribution in [1.82, 2.24) is 59.8 Å². The van der Waals surface area contributed by atoms with E-state index in [9.17, 15) is 0 Å². The van der Waals surface area contributed by atoms with Crippen LogP contribution in [0.25, 0.3) is 22.8 Å². The minimum Gasteiger partial charge on any atom is -0.376 e. The van der Waals surface area contributed by atoms with Crippen molar-refractivity contribution in [1.29, 1.82) is 0 Å². The Morgan fingerprint density at radius 2 is 1.12 bits per heavy atom. The van der Waals surface area contributed by atoms with Gasteiger partial charge in [0.15, 0.2) is 0 Å². The predicted octanol–water partition coefficient (Wildman–Crippen LogP) is 11.8. The van der Waals surface area contributed by atoms with Gasteiger partial charge in [-0.1, -0.05) is 58.3 Å². The van der Waals surface area contributed by atoms with E-state index in [1.807, 2.05) is 30.7 Å². The van der Waals surface area contributed by atoms with E-state index >= 15 is 0 Å². The summed E-state index contributed by atoms with van der Waals surface area (Å²) in [6.07, 6.45) is 35.8. The monoisotopic (exact) mass is 1170 g/mol. The zero-order valence-corrected chi connectivity index (χ0v) is 47.9. The van der Waals surface area contributed by atoms with Gasteiger partial charge in [-0.2, -0.15) is 0 Å². The number of anilines is 1. The molecule has 7 aromatic rings. The summed E-state index contributed by atoms with van der Waals surface area (Å²) in [5.74, 6) is 0.880. The smallest absolute Gasteiger partial charge is 0.147 e. The molecule has 9 heterocycles. The van der Waals surface area contributed by atoms with Crippen molar-refractivity contribution >= 4 is 86.2 Å². The van der Waals surface area contributed by atoms with Crippen LogP contribution in [0, 0.1) is 5.41 Å². The van der Waals surface area contributed by atoms with Crippen molar-refractivity contribution in [2.24, 2.45) is 11.1 Å². The summed E-state index contributed by atoms with van der Waals surface area (Å²) in [6.45, 7) is 11.6. The molecule has 2 aliphatic heterocycles. The molecule has 1 spiro atoms. The van der Waals surface area contributed by atoms with Gasteiger partial charge < -0.3 is 15.4 Å². The van der Waals surface area contributed by atoms with E-state index in [2.05, 4.69) is 93.6 Å². The third-order valence-electron chi connectivity index (χ3n) is 13.0. The van der Waals surface area contributed by atoms with E-state index in [-0.39, 0.29) is 17.6 Å². The molecule has 9 rings (SSSR count). The number of piperidine rings is 1. The summed E-state index contributed by atoms with van der Waals surface area (Å²) in [4.78, 5) is 55.7. The molecule has 72 heavy (non-hydrogen) atoms. The van der Waals surface area contributed by atoms with Gasteiger partial charge in [0.1, 0.15) is 43.8 Å². The van der Waals surface area contributed by atoms with Crippen molar-refractivity contribution in [3.8, 4) is 22.8 Å². The average Bonchev–Trinajstić information content (AvgIpc) is 3.70. The second kappa shape index (κ2) is 27.9. The first-order valence-corrected chi connectivity index (χ1v) is 34.7. The third kappa shape index (κ3) is 14.8. The molecule has 15 nitrogen and oxygen atoms in total. The minimum atomic E-state index is -2.27. The van der Waals surface area contributed by atoms with Crippen LogP contribution in [0.2, 0.25) is 28.5 Å². The molecule has 7 aromatic heterocycles. The second-order valence-corrected chi connectivity index (χ2v) is 34.1. The molecular formula is C51H61Cl3N14OS2Sn. The molecule has 0 radical (unpaired) electrons. The molecule has 2 atom stereocenters. The van der Waals surface area contributed by atoms with Crippen LogP contribution >= 0.6 is 58.3 Å². The fourth-order valence-electron chi connectivity index (χ4n) is 8.85. The van der Waals surface area contributed by atoms with Gasteiger partial charge in [-0.05, 0) is 31.9 Å². The third-order valence-corrected chi connectivity index (χ3v) is 31.2. The number of unbranched alkanes of at least 4 members (excludes halogenated alkanes) is 3. The maximum atomic E-state index is 6.60. The summed E-state index contributed by atoms with van der Waals surface area (Å²) in [6, 6.07) is 3.77. The summed E-state index contributed by atoms with van der Waals surface area (Å²) in [7, 11) is 0. The fourth-order valence-corrected chi connectivity index (χ4v) is 26.2. The Morgan fingerprint density at radius 3 is 1.54 bits per heavy atom. The van der Waals surface area contributed by atoms with Crippen molar-refractivity contribution in [3.63, 3.8) is 0 Å². The number of nitrogens with zero attached hydrogens (tertiary/aromatic N) is 13. The minimum absolute atomic E-state index is 0.0953. The van der Waals surface area contributed by atoms with Crippen molar-refractivity contribution in [2.45, 2.75) is 124 Å². The SMILES string of the molecule is CCC[CH2][Sn]([CH2]CCC)([CH2]CCC)[c]1cnccn1.C[C@@H]1OCC2(CCN(c3cnc(Sc4ccnc(-c5cnccn5)c4Cl)cn3)CC2)[C@@H]1N.Clc1cnc(Sc2ccnc(-c3cnccn3)c2Cl)cn1. The van der Waals surface area contributed by atoms with Gasteiger partial charge in [-0.15, -0.1) is 0 Å². The molecule has 0 amide bonds. The summed E-state index contributed by atoms with van der Waals surface area (Å²) in [5, 5.41) is 2.83. The second-order valence-electron chi connectivity index (χ2n) is 17.8. The Kier molecular flexibility index (Phi) is 21.5. The Bertz CT molecular complexity index is 2700. The largest absolute Gasteiger partial charge is 0.376 e. The molecule has 0 saturated carbocycles. The van der Waals surface area contributed by atoms with Crippen LogP contribution in [0.1, 0.15) is 79.1 Å². The molecule has 378 valence electrons. The molecule has 2 aliphatic rings. The Balaban J connectivity index is 0.000000167. The average molecular weight is 1180 g/mol. The maximum Gasteiger partial charge on any atom is 0.147 e. The van der Waals surface area contributed by atoms with Crippen LogP contribution < -0.4 is 14.3 Å². The van der Waals surface area contributed by atoms with E-state index in [0.717, 1.165) is 53.2 Å². The normalized spacial score (nSPS) is 16.1. The van der Waals surface area contributed by atoms with E-state index in [1.165, 1.54) is 85.3 Å². The quantitative estimate of drug-likeness (QED) is 0.0845. The molecule has 0 aliphatic carbocycles. The fraction of sp³-hybridized carbons (Fsp3) is 0.412. The molecule has 2 N–H and O–H groups in total. The molecule has 2 saturated heterocycles. The van der Waals surface area contributed by atoms with E-state index in [0.29, 0.717) is 43.0 Å². The Hall–Kier alpha value is -4.21. The zero-order valence-electron chi connectivity index (χ0n) is 41.1. The van der Waals surface area contributed by atoms with Gasteiger partial charge in [-0.25, -0.2) is 19.9 Å². The topological polar surface area (TPSA) is 193 Å². The van der Waals surface area contributed by atoms with Crippen molar-refractivity contribution < 1.29 is 4.74 Å². The van der Waals surface area contributed by atoms with E-state index in [1.54, 1.807) is 62.0 Å².